The van der Waals surface area contributed by atoms with E-state index in [2.05, 4.69) is 5.32 Å². The van der Waals surface area contributed by atoms with Crippen LogP contribution in [0.15, 0.2) is 53.4 Å². The summed E-state index contributed by atoms with van der Waals surface area (Å²) in [5.74, 6) is 0. The van der Waals surface area contributed by atoms with Crippen LogP contribution in [-0.2, 0) is 16.4 Å². The normalized spacial score (nSPS) is 12.9. The predicted octanol–water partition coefficient (Wildman–Crippen LogP) is 1.96. The maximum atomic E-state index is 11.4. The molecule has 0 amide bonds. The van der Waals surface area contributed by atoms with E-state index in [9.17, 15) is 8.42 Å². The average molecular weight is 305 g/mol. The monoisotopic (exact) mass is 305 g/mol. The standard InChI is InChI=1S/C15H19N3O2S/c1-11(7-12-5-3-2-4-6-12)18-14-8-13(16)9-15(10-14)21(17,19)20/h2-6,8-11,18H,7,16H2,1H3,(H2,17,19,20). The molecule has 0 aliphatic heterocycles. The summed E-state index contributed by atoms with van der Waals surface area (Å²) in [5.41, 5.74) is 7.92. The topological polar surface area (TPSA) is 98.2 Å². The molecule has 2 aromatic carbocycles. The Hall–Kier alpha value is -2.05. The summed E-state index contributed by atoms with van der Waals surface area (Å²) in [7, 11) is -3.76. The number of hydrogen-bond acceptors (Lipinski definition) is 4. The molecule has 0 saturated heterocycles. The molecule has 5 N–H and O–H groups in total. The molecule has 0 bridgehead atoms. The van der Waals surface area contributed by atoms with Crippen molar-refractivity contribution >= 4 is 21.4 Å². The quantitative estimate of drug-likeness (QED) is 0.735. The van der Waals surface area contributed by atoms with Crippen LogP contribution in [0.4, 0.5) is 11.4 Å². The lowest BCUT2D eigenvalue weighted by Crippen LogP contribution is -2.19. The molecule has 0 radical (unpaired) electrons. The zero-order chi connectivity index (χ0) is 15.5. The Kier molecular flexibility index (Phi) is 4.50. The van der Waals surface area contributed by atoms with Crippen LogP contribution in [0.1, 0.15) is 12.5 Å². The van der Waals surface area contributed by atoms with Crippen molar-refractivity contribution in [3.05, 3.63) is 54.1 Å². The van der Waals surface area contributed by atoms with Gasteiger partial charge in [0.1, 0.15) is 0 Å². The van der Waals surface area contributed by atoms with E-state index in [1.165, 1.54) is 17.7 Å². The number of nitrogens with one attached hydrogen (secondary N) is 1. The van der Waals surface area contributed by atoms with Gasteiger partial charge < -0.3 is 11.1 Å². The average Bonchev–Trinajstić information content (AvgIpc) is 2.37. The number of hydrogen-bond donors (Lipinski definition) is 3. The van der Waals surface area contributed by atoms with Crippen molar-refractivity contribution in [2.24, 2.45) is 5.14 Å². The lowest BCUT2D eigenvalue weighted by Gasteiger charge is -2.16. The van der Waals surface area contributed by atoms with E-state index >= 15 is 0 Å². The summed E-state index contributed by atoms with van der Waals surface area (Å²) in [4.78, 5) is 0.0110. The predicted molar refractivity (Wildman–Crippen MR) is 85.5 cm³/mol. The Morgan fingerprint density at radius 1 is 1.14 bits per heavy atom. The van der Waals surface area contributed by atoms with Crippen LogP contribution in [0.25, 0.3) is 0 Å². The van der Waals surface area contributed by atoms with Gasteiger partial charge in [-0.2, -0.15) is 0 Å². The van der Waals surface area contributed by atoms with Crippen LogP contribution in [-0.4, -0.2) is 14.5 Å². The van der Waals surface area contributed by atoms with Crippen molar-refractivity contribution in [3.63, 3.8) is 0 Å². The first-order valence-corrected chi connectivity index (χ1v) is 8.13. The molecule has 1 atom stereocenters. The molecule has 112 valence electrons. The maximum absolute atomic E-state index is 11.4. The van der Waals surface area contributed by atoms with E-state index < -0.39 is 10.0 Å². The van der Waals surface area contributed by atoms with Crippen molar-refractivity contribution in [1.29, 1.82) is 0 Å². The van der Waals surface area contributed by atoms with Gasteiger partial charge in [-0.1, -0.05) is 30.3 Å². The minimum atomic E-state index is -3.76. The second kappa shape index (κ2) is 6.15. The fourth-order valence-electron chi connectivity index (χ4n) is 2.17. The fourth-order valence-corrected chi connectivity index (χ4v) is 2.76. The van der Waals surface area contributed by atoms with Gasteiger partial charge in [0.25, 0.3) is 0 Å². The van der Waals surface area contributed by atoms with Crippen molar-refractivity contribution in [2.75, 3.05) is 11.1 Å². The van der Waals surface area contributed by atoms with Gasteiger partial charge in [0.2, 0.25) is 10.0 Å². The summed E-state index contributed by atoms with van der Waals surface area (Å²) < 4.78 is 22.8. The summed E-state index contributed by atoms with van der Waals surface area (Å²) in [6.45, 7) is 2.02. The molecule has 0 aromatic heterocycles. The highest BCUT2D eigenvalue weighted by Gasteiger charge is 2.11. The number of rotatable bonds is 5. The Morgan fingerprint density at radius 3 is 2.43 bits per heavy atom. The molecule has 0 fully saturated rings. The zero-order valence-corrected chi connectivity index (χ0v) is 12.6. The van der Waals surface area contributed by atoms with Crippen LogP contribution in [0.3, 0.4) is 0 Å². The van der Waals surface area contributed by atoms with Gasteiger partial charge in [-0.05, 0) is 37.1 Å². The Labute approximate surface area is 125 Å². The SMILES string of the molecule is CC(Cc1ccccc1)Nc1cc(N)cc(S(N)(=O)=O)c1. The van der Waals surface area contributed by atoms with Crippen molar-refractivity contribution in [3.8, 4) is 0 Å². The van der Waals surface area contributed by atoms with Crippen LogP contribution < -0.4 is 16.2 Å². The Balaban J connectivity index is 2.14. The van der Waals surface area contributed by atoms with Crippen LogP contribution in [0.2, 0.25) is 0 Å². The van der Waals surface area contributed by atoms with E-state index in [4.69, 9.17) is 10.9 Å². The van der Waals surface area contributed by atoms with Gasteiger partial charge in [-0.3, -0.25) is 0 Å². The minimum absolute atomic E-state index is 0.0110. The molecule has 1 unspecified atom stereocenters. The van der Waals surface area contributed by atoms with E-state index in [0.717, 1.165) is 6.42 Å². The molecule has 0 aliphatic carbocycles. The molecule has 0 heterocycles. The second-order valence-corrected chi connectivity index (χ2v) is 6.63. The van der Waals surface area contributed by atoms with Gasteiger partial charge in [-0.15, -0.1) is 0 Å². The molecule has 5 nitrogen and oxygen atoms in total. The summed E-state index contributed by atoms with van der Waals surface area (Å²) in [5, 5.41) is 8.38. The molecular weight excluding hydrogens is 286 g/mol. The van der Waals surface area contributed by atoms with Gasteiger partial charge in [0.15, 0.2) is 0 Å². The second-order valence-electron chi connectivity index (χ2n) is 5.07. The lowest BCUT2D eigenvalue weighted by molar-refractivity contribution is 0.598. The first-order valence-electron chi connectivity index (χ1n) is 6.58. The minimum Gasteiger partial charge on any atom is -0.399 e. The van der Waals surface area contributed by atoms with Crippen molar-refractivity contribution in [1.82, 2.24) is 0 Å². The van der Waals surface area contributed by atoms with E-state index in [-0.39, 0.29) is 10.9 Å². The van der Waals surface area contributed by atoms with Gasteiger partial charge in [-0.25, -0.2) is 13.6 Å². The highest BCUT2D eigenvalue weighted by atomic mass is 32.2. The van der Waals surface area contributed by atoms with E-state index in [0.29, 0.717) is 11.4 Å². The molecule has 2 aromatic rings. The largest absolute Gasteiger partial charge is 0.399 e. The summed E-state index contributed by atoms with van der Waals surface area (Å²) in [6.07, 6.45) is 0.820. The molecule has 21 heavy (non-hydrogen) atoms. The third-order valence-corrected chi connectivity index (χ3v) is 3.95. The first kappa shape index (κ1) is 15.3. The summed E-state index contributed by atoms with van der Waals surface area (Å²) >= 11 is 0. The van der Waals surface area contributed by atoms with E-state index in [1.54, 1.807) is 6.07 Å². The van der Waals surface area contributed by atoms with Crippen molar-refractivity contribution < 1.29 is 8.42 Å². The van der Waals surface area contributed by atoms with Gasteiger partial charge in [0, 0.05) is 17.4 Å². The molecule has 0 saturated carbocycles. The smallest absolute Gasteiger partial charge is 0.238 e. The number of benzene rings is 2. The maximum Gasteiger partial charge on any atom is 0.238 e. The lowest BCUT2D eigenvalue weighted by atomic mass is 10.1. The molecule has 0 spiro atoms. The molecule has 0 aliphatic rings. The number of nitrogen functional groups attached to an aromatic ring is 1. The summed E-state index contributed by atoms with van der Waals surface area (Å²) in [6, 6.07) is 14.7. The highest BCUT2D eigenvalue weighted by molar-refractivity contribution is 7.89. The van der Waals surface area contributed by atoms with Crippen LogP contribution in [0, 0.1) is 0 Å². The number of sulfonamides is 1. The van der Waals surface area contributed by atoms with E-state index in [1.807, 2.05) is 37.3 Å². The third-order valence-electron chi connectivity index (χ3n) is 3.06. The number of nitrogens with two attached hydrogens (primary N) is 2. The van der Waals surface area contributed by atoms with Crippen LogP contribution >= 0.6 is 0 Å². The molecule has 6 heteroatoms. The van der Waals surface area contributed by atoms with Crippen molar-refractivity contribution in [2.45, 2.75) is 24.3 Å². The third kappa shape index (κ3) is 4.47. The molecular formula is C15H19N3O2S. The van der Waals surface area contributed by atoms with Gasteiger partial charge >= 0.3 is 0 Å². The highest BCUT2D eigenvalue weighted by Crippen LogP contribution is 2.20. The fraction of sp³-hybridized carbons (Fsp3) is 0.200. The Bertz CT molecular complexity index is 715. The Morgan fingerprint density at radius 2 is 1.81 bits per heavy atom. The number of anilines is 2. The van der Waals surface area contributed by atoms with Gasteiger partial charge in [0.05, 0.1) is 4.90 Å². The van der Waals surface area contributed by atoms with Crippen LogP contribution in [0.5, 0.6) is 0 Å². The first-order chi connectivity index (χ1) is 9.84. The molecule has 2 rings (SSSR count). The zero-order valence-electron chi connectivity index (χ0n) is 11.8. The number of primary sulfonamides is 1.